The molecule has 1 atom stereocenters. The Hall–Kier alpha value is -1.79. The molecule has 2 aromatic rings. The standard InChI is InChI=1S/C15H17N3O2S/c1-10-14(11-5-3-2-4-6-11)18-13(20-10)7-16-15(19)12-8-21-9-17-12/h2-6,12,17H,7-9H2,1H3,(H,16,19). The number of nitrogens with zero attached hydrogens (tertiary/aromatic N) is 1. The van der Waals surface area contributed by atoms with Gasteiger partial charge in [-0.1, -0.05) is 30.3 Å². The van der Waals surface area contributed by atoms with Gasteiger partial charge in [0.15, 0.2) is 0 Å². The molecular formula is C15H17N3O2S. The smallest absolute Gasteiger partial charge is 0.238 e. The fourth-order valence-electron chi connectivity index (χ4n) is 2.24. The van der Waals surface area contributed by atoms with Gasteiger partial charge in [0.05, 0.1) is 12.6 Å². The highest BCUT2D eigenvalue weighted by molar-refractivity contribution is 7.99. The van der Waals surface area contributed by atoms with Gasteiger partial charge in [0.2, 0.25) is 11.8 Å². The predicted molar refractivity (Wildman–Crippen MR) is 82.8 cm³/mol. The van der Waals surface area contributed by atoms with E-state index in [-0.39, 0.29) is 11.9 Å². The van der Waals surface area contributed by atoms with Crippen LogP contribution in [0.1, 0.15) is 11.7 Å². The maximum Gasteiger partial charge on any atom is 0.238 e. The normalized spacial score (nSPS) is 17.9. The van der Waals surface area contributed by atoms with Crippen LogP contribution in [-0.2, 0) is 11.3 Å². The second-order valence-electron chi connectivity index (χ2n) is 4.87. The van der Waals surface area contributed by atoms with E-state index < -0.39 is 0 Å². The average Bonchev–Trinajstić information content (AvgIpc) is 3.15. The molecule has 0 spiro atoms. The lowest BCUT2D eigenvalue weighted by Crippen LogP contribution is -2.41. The van der Waals surface area contributed by atoms with E-state index in [0.717, 1.165) is 28.6 Å². The number of oxazole rings is 1. The van der Waals surface area contributed by atoms with Crippen molar-refractivity contribution >= 4 is 17.7 Å². The number of rotatable bonds is 4. The van der Waals surface area contributed by atoms with Crippen molar-refractivity contribution < 1.29 is 9.21 Å². The lowest BCUT2D eigenvalue weighted by atomic mass is 10.1. The second-order valence-corrected chi connectivity index (χ2v) is 5.90. The van der Waals surface area contributed by atoms with Gasteiger partial charge in [0.25, 0.3) is 0 Å². The number of benzene rings is 1. The van der Waals surface area contributed by atoms with Gasteiger partial charge in [-0.05, 0) is 6.92 Å². The molecule has 2 N–H and O–H groups in total. The number of nitrogens with one attached hydrogen (secondary N) is 2. The third-order valence-electron chi connectivity index (χ3n) is 3.33. The Kier molecular flexibility index (Phi) is 4.26. The Morgan fingerprint density at radius 1 is 1.48 bits per heavy atom. The van der Waals surface area contributed by atoms with Crippen molar-refractivity contribution in [3.05, 3.63) is 42.0 Å². The Morgan fingerprint density at radius 2 is 2.29 bits per heavy atom. The SMILES string of the molecule is Cc1oc(CNC(=O)C2CSCN2)nc1-c1ccccc1. The number of hydrogen-bond acceptors (Lipinski definition) is 5. The highest BCUT2D eigenvalue weighted by Gasteiger charge is 2.22. The molecule has 110 valence electrons. The first-order valence-corrected chi connectivity index (χ1v) is 8.00. The van der Waals surface area contributed by atoms with E-state index >= 15 is 0 Å². The third kappa shape index (κ3) is 3.28. The fourth-order valence-corrected chi connectivity index (χ4v) is 3.18. The molecule has 1 aliphatic rings. The molecule has 1 amide bonds. The Balaban J connectivity index is 1.66. The van der Waals surface area contributed by atoms with Gasteiger partial charge in [0.1, 0.15) is 11.5 Å². The maximum atomic E-state index is 11.9. The minimum absolute atomic E-state index is 0.00267. The minimum Gasteiger partial charge on any atom is -0.443 e. The predicted octanol–water partition coefficient (Wildman–Crippen LogP) is 1.93. The van der Waals surface area contributed by atoms with Gasteiger partial charge in [-0.3, -0.25) is 10.1 Å². The number of hydrogen-bond donors (Lipinski definition) is 2. The van der Waals surface area contributed by atoms with Crippen LogP contribution in [0.5, 0.6) is 0 Å². The number of carbonyl (C=O) groups excluding carboxylic acids is 1. The van der Waals surface area contributed by atoms with Crippen LogP contribution in [0.4, 0.5) is 0 Å². The summed E-state index contributed by atoms with van der Waals surface area (Å²) in [5, 5.41) is 6.00. The van der Waals surface area contributed by atoms with Gasteiger partial charge >= 0.3 is 0 Å². The van der Waals surface area contributed by atoms with Gasteiger partial charge in [-0.15, -0.1) is 11.8 Å². The summed E-state index contributed by atoms with van der Waals surface area (Å²) in [5.74, 6) is 2.93. The Labute approximate surface area is 127 Å². The fraction of sp³-hybridized carbons (Fsp3) is 0.333. The number of aromatic nitrogens is 1. The van der Waals surface area contributed by atoms with Crippen LogP contribution in [0.2, 0.25) is 0 Å². The monoisotopic (exact) mass is 303 g/mol. The summed E-state index contributed by atoms with van der Waals surface area (Å²) >= 11 is 1.73. The van der Waals surface area contributed by atoms with E-state index in [4.69, 9.17) is 4.42 Å². The summed E-state index contributed by atoms with van der Waals surface area (Å²) in [6.45, 7) is 2.20. The Bertz CT molecular complexity index is 621. The van der Waals surface area contributed by atoms with Crippen molar-refractivity contribution in [1.29, 1.82) is 0 Å². The summed E-state index contributed by atoms with van der Waals surface area (Å²) in [5.41, 5.74) is 1.85. The number of amides is 1. The van der Waals surface area contributed by atoms with Crippen LogP contribution >= 0.6 is 11.8 Å². The van der Waals surface area contributed by atoms with Crippen molar-refractivity contribution in [2.75, 3.05) is 11.6 Å². The van der Waals surface area contributed by atoms with E-state index in [2.05, 4.69) is 15.6 Å². The molecule has 3 rings (SSSR count). The van der Waals surface area contributed by atoms with Crippen molar-refractivity contribution in [2.24, 2.45) is 0 Å². The van der Waals surface area contributed by atoms with Crippen LogP contribution in [0.3, 0.4) is 0 Å². The van der Waals surface area contributed by atoms with E-state index in [1.165, 1.54) is 0 Å². The van der Waals surface area contributed by atoms with Crippen LogP contribution in [-0.4, -0.2) is 28.6 Å². The van der Waals surface area contributed by atoms with E-state index in [9.17, 15) is 4.79 Å². The van der Waals surface area contributed by atoms with Gasteiger partial charge in [0, 0.05) is 17.2 Å². The first kappa shape index (κ1) is 14.2. The van der Waals surface area contributed by atoms with Crippen molar-refractivity contribution in [3.8, 4) is 11.3 Å². The second kappa shape index (κ2) is 6.32. The zero-order valence-corrected chi connectivity index (χ0v) is 12.6. The minimum atomic E-state index is -0.111. The van der Waals surface area contributed by atoms with E-state index in [1.54, 1.807) is 11.8 Å². The van der Waals surface area contributed by atoms with Crippen LogP contribution in [0, 0.1) is 6.92 Å². The van der Waals surface area contributed by atoms with Gasteiger partial charge in [-0.25, -0.2) is 4.98 Å². The molecule has 2 heterocycles. The van der Waals surface area contributed by atoms with Crippen LogP contribution < -0.4 is 10.6 Å². The first-order valence-electron chi connectivity index (χ1n) is 6.84. The van der Waals surface area contributed by atoms with Gasteiger partial charge in [-0.2, -0.15) is 0 Å². The number of carbonyl (C=O) groups is 1. The molecule has 5 nitrogen and oxygen atoms in total. The summed E-state index contributed by atoms with van der Waals surface area (Å²) in [4.78, 5) is 16.4. The summed E-state index contributed by atoms with van der Waals surface area (Å²) in [6, 6.07) is 9.77. The molecule has 21 heavy (non-hydrogen) atoms. The van der Waals surface area contributed by atoms with Crippen molar-refractivity contribution in [2.45, 2.75) is 19.5 Å². The Morgan fingerprint density at radius 3 is 3.00 bits per heavy atom. The quantitative estimate of drug-likeness (QED) is 0.903. The molecule has 1 aromatic heterocycles. The lowest BCUT2D eigenvalue weighted by molar-refractivity contribution is -0.122. The first-order chi connectivity index (χ1) is 10.2. The molecular weight excluding hydrogens is 286 g/mol. The molecule has 1 unspecified atom stereocenters. The number of thioether (sulfide) groups is 1. The zero-order valence-electron chi connectivity index (χ0n) is 11.8. The van der Waals surface area contributed by atoms with Gasteiger partial charge < -0.3 is 9.73 Å². The molecule has 0 bridgehead atoms. The highest BCUT2D eigenvalue weighted by Crippen LogP contribution is 2.22. The molecule has 1 aliphatic heterocycles. The van der Waals surface area contributed by atoms with Crippen molar-refractivity contribution in [1.82, 2.24) is 15.6 Å². The molecule has 1 saturated heterocycles. The molecule has 1 fully saturated rings. The summed E-state index contributed by atoms with van der Waals surface area (Å²) in [6.07, 6.45) is 0. The lowest BCUT2D eigenvalue weighted by Gasteiger charge is -2.08. The van der Waals surface area contributed by atoms with Crippen LogP contribution in [0.15, 0.2) is 34.7 Å². The third-order valence-corrected chi connectivity index (χ3v) is 4.27. The zero-order chi connectivity index (χ0) is 14.7. The highest BCUT2D eigenvalue weighted by atomic mass is 32.2. The molecule has 1 aromatic carbocycles. The largest absolute Gasteiger partial charge is 0.443 e. The average molecular weight is 303 g/mol. The molecule has 6 heteroatoms. The van der Waals surface area contributed by atoms with E-state index in [1.807, 2.05) is 37.3 Å². The number of aryl methyl sites for hydroxylation is 1. The molecule has 0 saturated carbocycles. The van der Waals surface area contributed by atoms with Crippen LogP contribution in [0.25, 0.3) is 11.3 Å². The van der Waals surface area contributed by atoms with E-state index in [0.29, 0.717) is 12.4 Å². The molecule has 0 radical (unpaired) electrons. The summed E-state index contributed by atoms with van der Waals surface area (Å²) in [7, 11) is 0. The van der Waals surface area contributed by atoms with Crippen molar-refractivity contribution in [3.63, 3.8) is 0 Å². The topological polar surface area (TPSA) is 67.2 Å². The molecule has 0 aliphatic carbocycles. The maximum absolute atomic E-state index is 11.9. The summed E-state index contributed by atoms with van der Waals surface area (Å²) < 4.78 is 5.63.